The molecule has 2 rings (SSSR count). The van der Waals surface area contributed by atoms with Crippen molar-refractivity contribution in [3.8, 4) is 0 Å². The van der Waals surface area contributed by atoms with Gasteiger partial charge in [0.15, 0.2) is 0 Å². The summed E-state index contributed by atoms with van der Waals surface area (Å²) in [6.07, 6.45) is 0.770. The SMILES string of the molecule is Cc1cc(F)ccc1CC(CN)c1ccccc1Cl. The Labute approximate surface area is 118 Å². The van der Waals surface area contributed by atoms with E-state index in [1.54, 1.807) is 6.07 Å². The van der Waals surface area contributed by atoms with Gasteiger partial charge in [-0.3, -0.25) is 0 Å². The minimum absolute atomic E-state index is 0.151. The number of rotatable bonds is 4. The molecule has 0 radical (unpaired) electrons. The Morgan fingerprint density at radius 3 is 2.58 bits per heavy atom. The fourth-order valence-electron chi connectivity index (χ4n) is 2.28. The minimum Gasteiger partial charge on any atom is -0.330 e. The largest absolute Gasteiger partial charge is 0.330 e. The zero-order valence-electron chi connectivity index (χ0n) is 10.9. The number of benzene rings is 2. The van der Waals surface area contributed by atoms with Crippen molar-refractivity contribution in [3.05, 3.63) is 70.0 Å². The van der Waals surface area contributed by atoms with Crippen LogP contribution in [0.3, 0.4) is 0 Å². The molecule has 2 aromatic carbocycles. The number of hydrogen-bond acceptors (Lipinski definition) is 1. The summed E-state index contributed by atoms with van der Waals surface area (Å²) in [6.45, 7) is 2.43. The van der Waals surface area contributed by atoms with Crippen molar-refractivity contribution < 1.29 is 4.39 Å². The molecule has 0 aliphatic carbocycles. The van der Waals surface area contributed by atoms with Crippen LogP contribution in [-0.2, 0) is 6.42 Å². The third kappa shape index (κ3) is 3.34. The summed E-state index contributed by atoms with van der Waals surface area (Å²) < 4.78 is 13.1. The maximum absolute atomic E-state index is 13.1. The Morgan fingerprint density at radius 2 is 1.95 bits per heavy atom. The first-order valence-corrected chi connectivity index (χ1v) is 6.69. The predicted octanol–water partition coefficient (Wildman–Crippen LogP) is 4.07. The van der Waals surface area contributed by atoms with E-state index in [-0.39, 0.29) is 11.7 Å². The number of nitrogens with two attached hydrogens (primary N) is 1. The van der Waals surface area contributed by atoms with Crippen LogP contribution < -0.4 is 5.73 Å². The average Bonchev–Trinajstić information content (AvgIpc) is 2.39. The van der Waals surface area contributed by atoms with Crippen LogP contribution in [0.1, 0.15) is 22.6 Å². The second kappa shape index (κ2) is 6.18. The first kappa shape index (κ1) is 14.0. The van der Waals surface area contributed by atoms with Gasteiger partial charge >= 0.3 is 0 Å². The molecule has 0 fully saturated rings. The molecule has 1 unspecified atom stereocenters. The van der Waals surface area contributed by atoms with Gasteiger partial charge in [-0.25, -0.2) is 4.39 Å². The molecule has 19 heavy (non-hydrogen) atoms. The molecular weight excluding hydrogens is 261 g/mol. The van der Waals surface area contributed by atoms with Crippen LogP contribution in [0.25, 0.3) is 0 Å². The maximum atomic E-state index is 13.1. The van der Waals surface area contributed by atoms with E-state index in [9.17, 15) is 4.39 Å². The number of halogens is 2. The number of aryl methyl sites for hydroxylation is 1. The van der Waals surface area contributed by atoms with Crippen LogP contribution in [0.5, 0.6) is 0 Å². The summed E-state index contributed by atoms with van der Waals surface area (Å²) in [6, 6.07) is 12.6. The van der Waals surface area contributed by atoms with Crippen LogP contribution >= 0.6 is 11.6 Å². The monoisotopic (exact) mass is 277 g/mol. The highest BCUT2D eigenvalue weighted by Crippen LogP contribution is 2.27. The summed E-state index contributed by atoms with van der Waals surface area (Å²) in [7, 11) is 0. The Bertz CT molecular complexity index is 568. The van der Waals surface area contributed by atoms with Gasteiger partial charge in [0, 0.05) is 10.9 Å². The molecule has 0 saturated carbocycles. The van der Waals surface area contributed by atoms with Gasteiger partial charge in [0.05, 0.1) is 0 Å². The van der Waals surface area contributed by atoms with Crippen molar-refractivity contribution in [2.75, 3.05) is 6.54 Å². The van der Waals surface area contributed by atoms with Gasteiger partial charge in [0.1, 0.15) is 5.82 Å². The fraction of sp³-hybridized carbons (Fsp3) is 0.250. The first-order chi connectivity index (χ1) is 9.11. The second-order valence-electron chi connectivity index (χ2n) is 4.73. The summed E-state index contributed by atoms with van der Waals surface area (Å²) in [5, 5.41) is 0.734. The van der Waals surface area contributed by atoms with Crippen molar-refractivity contribution in [3.63, 3.8) is 0 Å². The smallest absolute Gasteiger partial charge is 0.123 e. The van der Waals surface area contributed by atoms with E-state index in [1.807, 2.05) is 37.3 Å². The van der Waals surface area contributed by atoms with Gasteiger partial charge in [-0.05, 0) is 54.8 Å². The van der Waals surface area contributed by atoms with E-state index in [0.29, 0.717) is 6.54 Å². The third-order valence-electron chi connectivity index (χ3n) is 3.40. The molecule has 100 valence electrons. The molecule has 0 aliphatic rings. The molecule has 2 aromatic rings. The molecule has 0 amide bonds. The van der Waals surface area contributed by atoms with E-state index in [2.05, 4.69) is 0 Å². The van der Waals surface area contributed by atoms with E-state index in [4.69, 9.17) is 17.3 Å². The van der Waals surface area contributed by atoms with Gasteiger partial charge in [-0.15, -0.1) is 0 Å². The molecule has 1 nitrogen and oxygen atoms in total. The van der Waals surface area contributed by atoms with Crippen LogP contribution in [0.15, 0.2) is 42.5 Å². The van der Waals surface area contributed by atoms with E-state index < -0.39 is 0 Å². The van der Waals surface area contributed by atoms with Gasteiger partial charge < -0.3 is 5.73 Å². The lowest BCUT2D eigenvalue weighted by Gasteiger charge is -2.18. The molecule has 0 heterocycles. The summed E-state index contributed by atoms with van der Waals surface area (Å²) in [5.41, 5.74) is 8.98. The highest BCUT2D eigenvalue weighted by atomic mass is 35.5. The number of hydrogen-bond donors (Lipinski definition) is 1. The molecule has 0 aromatic heterocycles. The van der Waals surface area contributed by atoms with Gasteiger partial charge in [-0.2, -0.15) is 0 Å². The zero-order chi connectivity index (χ0) is 13.8. The van der Waals surface area contributed by atoms with Crippen LogP contribution in [-0.4, -0.2) is 6.54 Å². The molecule has 3 heteroatoms. The van der Waals surface area contributed by atoms with Gasteiger partial charge in [0.2, 0.25) is 0 Å². The van der Waals surface area contributed by atoms with E-state index in [0.717, 1.165) is 28.1 Å². The maximum Gasteiger partial charge on any atom is 0.123 e. The van der Waals surface area contributed by atoms with Crippen LogP contribution in [0.4, 0.5) is 4.39 Å². The Balaban J connectivity index is 2.27. The fourth-order valence-corrected chi connectivity index (χ4v) is 2.57. The Kier molecular flexibility index (Phi) is 4.56. The van der Waals surface area contributed by atoms with Crippen molar-refractivity contribution >= 4 is 11.6 Å². The Hall–Kier alpha value is -1.38. The third-order valence-corrected chi connectivity index (χ3v) is 3.74. The summed E-state index contributed by atoms with van der Waals surface area (Å²) >= 11 is 6.21. The average molecular weight is 278 g/mol. The topological polar surface area (TPSA) is 26.0 Å². The predicted molar refractivity (Wildman–Crippen MR) is 78.1 cm³/mol. The first-order valence-electron chi connectivity index (χ1n) is 6.31. The minimum atomic E-state index is -0.205. The van der Waals surface area contributed by atoms with Crippen LogP contribution in [0.2, 0.25) is 5.02 Å². The van der Waals surface area contributed by atoms with Crippen molar-refractivity contribution in [1.82, 2.24) is 0 Å². The summed E-state index contributed by atoms with van der Waals surface area (Å²) in [4.78, 5) is 0. The van der Waals surface area contributed by atoms with Gasteiger partial charge in [-0.1, -0.05) is 35.9 Å². The molecule has 0 saturated heterocycles. The normalized spacial score (nSPS) is 12.4. The highest BCUT2D eigenvalue weighted by Gasteiger charge is 2.14. The Morgan fingerprint density at radius 1 is 1.21 bits per heavy atom. The molecule has 0 spiro atoms. The van der Waals surface area contributed by atoms with Crippen LogP contribution in [0, 0.1) is 12.7 Å². The van der Waals surface area contributed by atoms with Crippen molar-refractivity contribution in [2.24, 2.45) is 5.73 Å². The standard InChI is InChI=1S/C16H17ClFN/c1-11-8-14(18)7-6-12(11)9-13(10-19)15-4-2-3-5-16(15)17/h2-8,13H,9-10,19H2,1H3. The van der Waals surface area contributed by atoms with Crippen molar-refractivity contribution in [1.29, 1.82) is 0 Å². The zero-order valence-corrected chi connectivity index (χ0v) is 11.6. The molecule has 1 atom stereocenters. The van der Waals surface area contributed by atoms with E-state index in [1.165, 1.54) is 6.07 Å². The molecule has 0 aliphatic heterocycles. The lowest BCUT2D eigenvalue weighted by Crippen LogP contribution is -2.16. The van der Waals surface area contributed by atoms with Crippen molar-refractivity contribution in [2.45, 2.75) is 19.3 Å². The second-order valence-corrected chi connectivity index (χ2v) is 5.14. The summed E-state index contributed by atoms with van der Waals surface area (Å²) in [5.74, 6) is -0.0545. The quantitative estimate of drug-likeness (QED) is 0.896. The lowest BCUT2D eigenvalue weighted by molar-refractivity contribution is 0.623. The molecular formula is C16H17ClFN. The molecule has 0 bridgehead atoms. The highest BCUT2D eigenvalue weighted by molar-refractivity contribution is 6.31. The lowest BCUT2D eigenvalue weighted by atomic mass is 9.90. The van der Waals surface area contributed by atoms with E-state index >= 15 is 0 Å². The van der Waals surface area contributed by atoms with Gasteiger partial charge in [0.25, 0.3) is 0 Å². The molecule has 2 N–H and O–H groups in total.